The number of hydrogen-bond acceptors (Lipinski definition) is 2. The molecule has 1 fully saturated rings. The summed E-state index contributed by atoms with van der Waals surface area (Å²) in [5.74, 6) is 0.162. The van der Waals surface area contributed by atoms with Crippen LogP contribution >= 0.6 is 11.6 Å². The van der Waals surface area contributed by atoms with Crippen molar-refractivity contribution in [3.63, 3.8) is 0 Å². The van der Waals surface area contributed by atoms with Crippen molar-refractivity contribution in [2.75, 3.05) is 24.5 Å². The number of hydrogen-bond donors (Lipinski definition) is 1. The second-order valence-electron chi connectivity index (χ2n) is 3.98. The quantitative estimate of drug-likeness (QED) is 0.812. The van der Waals surface area contributed by atoms with Crippen molar-refractivity contribution in [2.24, 2.45) is 0 Å². The summed E-state index contributed by atoms with van der Waals surface area (Å²) < 4.78 is 0. The van der Waals surface area contributed by atoms with Crippen LogP contribution in [0.5, 0.6) is 0 Å². The first-order valence-electron chi connectivity index (χ1n) is 5.46. The van der Waals surface area contributed by atoms with E-state index in [0.29, 0.717) is 18.0 Å². The van der Waals surface area contributed by atoms with Crippen molar-refractivity contribution in [3.05, 3.63) is 28.8 Å². The zero-order valence-corrected chi connectivity index (χ0v) is 10.0. The van der Waals surface area contributed by atoms with Crippen LogP contribution in [0.3, 0.4) is 0 Å². The van der Waals surface area contributed by atoms with E-state index in [0.717, 1.165) is 24.3 Å². The van der Waals surface area contributed by atoms with Gasteiger partial charge in [0.25, 0.3) is 0 Å². The summed E-state index contributed by atoms with van der Waals surface area (Å²) in [4.78, 5) is 13.7. The van der Waals surface area contributed by atoms with Crippen LogP contribution < -0.4 is 10.2 Å². The lowest BCUT2D eigenvalue weighted by Crippen LogP contribution is -2.32. The van der Waals surface area contributed by atoms with Crippen molar-refractivity contribution in [1.82, 2.24) is 5.32 Å². The van der Waals surface area contributed by atoms with Crippen molar-refractivity contribution in [3.8, 4) is 0 Å². The maximum Gasteiger partial charge on any atom is 0.228 e. The van der Waals surface area contributed by atoms with Crippen LogP contribution in [0.4, 0.5) is 5.69 Å². The van der Waals surface area contributed by atoms with Gasteiger partial charge in [0, 0.05) is 36.8 Å². The van der Waals surface area contributed by atoms with E-state index in [9.17, 15) is 4.79 Å². The number of amides is 1. The van der Waals surface area contributed by atoms with Gasteiger partial charge in [0.15, 0.2) is 0 Å². The molecule has 1 saturated heterocycles. The van der Waals surface area contributed by atoms with E-state index in [1.165, 1.54) is 0 Å². The molecule has 1 aromatic carbocycles. The second-order valence-corrected chi connectivity index (χ2v) is 4.41. The molecule has 0 atom stereocenters. The van der Waals surface area contributed by atoms with Crippen LogP contribution in [0.15, 0.2) is 18.2 Å². The number of carbonyl (C=O) groups excluding carboxylic acids is 1. The van der Waals surface area contributed by atoms with Gasteiger partial charge >= 0.3 is 0 Å². The largest absolute Gasteiger partial charge is 0.314 e. The van der Waals surface area contributed by atoms with E-state index in [1.807, 2.05) is 30.0 Å². The number of anilines is 1. The number of rotatable bonds is 1. The van der Waals surface area contributed by atoms with Gasteiger partial charge in [-0.05, 0) is 24.6 Å². The highest BCUT2D eigenvalue weighted by Crippen LogP contribution is 2.25. The Balaban J connectivity index is 2.33. The average Bonchev–Trinajstić information content (AvgIpc) is 2.47. The van der Waals surface area contributed by atoms with Crippen LogP contribution in [-0.2, 0) is 4.79 Å². The van der Waals surface area contributed by atoms with Gasteiger partial charge in [-0.3, -0.25) is 4.79 Å². The molecular formula is C12H15ClN2O. The Morgan fingerprint density at radius 2 is 2.19 bits per heavy atom. The third-order valence-electron chi connectivity index (χ3n) is 2.79. The standard InChI is InChI=1S/C12H15ClN2O/c1-9-2-3-10(13)8-11(9)15-7-6-14-5-4-12(15)16/h2-3,8,14H,4-7H2,1H3. The molecule has 1 amide bonds. The third-order valence-corrected chi connectivity index (χ3v) is 3.03. The minimum atomic E-state index is 0.162. The highest BCUT2D eigenvalue weighted by Gasteiger charge is 2.19. The van der Waals surface area contributed by atoms with Crippen molar-refractivity contribution in [1.29, 1.82) is 0 Å². The van der Waals surface area contributed by atoms with Crippen LogP contribution in [0.1, 0.15) is 12.0 Å². The molecule has 3 nitrogen and oxygen atoms in total. The topological polar surface area (TPSA) is 32.3 Å². The third kappa shape index (κ3) is 2.36. The fourth-order valence-electron chi connectivity index (χ4n) is 1.90. The zero-order valence-electron chi connectivity index (χ0n) is 9.29. The Bertz CT molecular complexity index is 406. The molecule has 0 unspecified atom stereocenters. The van der Waals surface area contributed by atoms with E-state index in [1.54, 1.807) is 0 Å². The Hall–Kier alpha value is -1.06. The van der Waals surface area contributed by atoms with Gasteiger partial charge in [-0.25, -0.2) is 0 Å². The Morgan fingerprint density at radius 1 is 1.38 bits per heavy atom. The summed E-state index contributed by atoms with van der Waals surface area (Å²) in [6.45, 7) is 4.30. The number of aryl methyl sites for hydroxylation is 1. The maximum absolute atomic E-state index is 11.9. The number of carbonyl (C=O) groups is 1. The molecule has 1 aliphatic rings. The predicted octanol–water partition coefficient (Wildman–Crippen LogP) is 1.97. The highest BCUT2D eigenvalue weighted by molar-refractivity contribution is 6.31. The number of nitrogens with zero attached hydrogens (tertiary/aromatic N) is 1. The van der Waals surface area contributed by atoms with Crippen LogP contribution in [0.2, 0.25) is 5.02 Å². The lowest BCUT2D eigenvalue weighted by Gasteiger charge is -2.22. The summed E-state index contributed by atoms with van der Waals surface area (Å²) >= 11 is 5.97. The van der Waals surface area contributed by atoms with Gasteiger partial charge < -0.3 is 10.2 Å². The molecule has 0 aliphatic carbocycles. The minimum Gasteiger partial charge on any atom is -0.314 e. The molecule has 1 N–H and O–H groups in total. The van der Waals surface area contributed by atoms with Gasteiger partial charge in [0.05, 0.1) is 0 Å². The molecule has 1 heterocycles. The number of benzene rings is 1. The minimum absolute atomic E-state index is 0.162. The van der Waals surface area contributed by atoms with Crippen LogP contribution in [0.25, 0.3) is 0 Å². The molecule has 1 aliphatic heterocycles. The fourth-order valence-corrected chi connectivity index (χ4v) is 2.07. The van der Waals surface area contributed by atoms with Gasteiger partial charge in [-0.15, -0.1) is 0 Å². The first-order valence-corrected chi connectivity index (χ1v) is 5.83. The van der Waals surface area contributed by atoms with Crippen LogP contribution in [0, 0.1) is 6.92 Å². The van der Waals surface area contributed by atoms with Gasteiger partial charge in [0.2, 0.25) is 5.91 Å². The van der Waals surface area contributed by atoms with Gasteiger partial charge in [0.1, 0.15) is 0 Å². The molecular weight excluding hydrogens is 224 g/mol. The van der Waals surface area contributed by atoms with Gasteiger partial charge in [-0.1, -0.05) is 17.7 Å². The molecule has 0 radical (unpaired) electrons. The van der Waals surface area contributed by atoms with Crippen molar-refractivity contribution in [2.45, 2.75) is 13.3 Å². The molecule has 0 spiro atoms. The second kappa shape index (κ2) is 4.85. The van der Waals surface area contributed by atoms with E-state index in [4.69, 9.17) is 11.6 Å². The predicted molar refractivity (Wildman–Crippen MR) is 66.0 cm³/mol. The number of halogens is 1. The molecule has 16 heavy (non-hydrogen) atoms. The van der Waals surface area contributed by atoms with E-state index < -0.39 is 0 Å². The summed E-state index contributed by atoms with van der Waals surface area (Å²) in [6.07, 6.45) is 0.548. The first-order chi connectivity index (χ1) is 7.68. The fraction of sp³-hybridized carbons (Fsp3) is 0.417. The van der Waals surface area contributed by atoms with Crippen LogP contribution in [-0.4, -0.2) is 25.5 Å². The monoisotopic (exact) mass is 238 g/mol. The smallest absolute Gasteiger partial charge is 0.228 e. The van der Waals surface area contributed by atoms with Crippen molar-refractivity contribution < 1.29 is 4.79 Å². The maximum atomic E-state index is 11.9. The highest BCUT2D eigenvalue weighted by atomic mass is 35.5. The Kier molecular flexibility index (Phi) is 3.46. The normalized spacial score (nSPS) is 17.4. The molecule has 0 bridgehead atoms. The first kappa shape index (κ1) is 11.4. The zero-order chi connectivity index (χ0) is 11.5. The molecule has 0 saturated carbocycles. The summed E-state index contributed by atoms with van der Waals surface area (Å²) in [7, 11) is 0. The Labute approximate surface area is 100 Å². The molecule has 86 valence electrons. The molecule has 4 heteroatoms. The lowest BCUT2D eigenvalue weighted by atomic mass is 10.1. The Morgan fingerprint density at radius 3 is 3.00 bits per heavy atom. The van der Waals surface area contributed by atoms with E-state index >= 15 is 0 Å². The lowest BCUT2D eigenvalue weighted by molar-refractivity contribution is -0.118. The van der Waals surface area contributed by atoms with Gasteiger partial charge in [-0.2, -0.15) is 0 Å². The average molecular weight is 239 g/mol. The molecule has 2 rings (SSSR count). The molecule has 0 aromatic heterocycles. The molecule has 1 aromatic rings. The number of nitrogens with one attached hydrogen (secondary N) is 1. The summed E-state index contributed by atoms with van der Waals surface area (Å²) in [5.41, 5.74) is 2.01. The van der Waals surface area contributed by atoms with E-state index in [-0.39, 0.29) is 5.91 Å². The SMILES string of the molecule is Cc1ccc(Cl)cc1N1CCNCCC1=O. The summed E-state index contributed by atoms with van der Waals surface area (Å²) in [6, 6.07) is 5.66. The van der Waals surface area contributed by atoms with Crippen molar-refractivity contribution >= 4 is 23.2 Å². The summed E-state index contributed by atoms with van der Waals surface area (Å²) in [5, 5.41) is 3.89. The van der Waals surface area contributed by atoms with E-state index in [2.05, 4.69) is 5.32 Å².